The van der Waals surface area contributed by atoms with Crippen molar-refractivity contribution in [1.82, 2.24) is 0 Å². The van der Waals surface area contributed by atoms with Gasteiger partial charge in [-0.05, 0) is 19.8 Å². The number of rotatable bonds is 4. The molecule has 1 heteroatoms. The largest absolute Gasteiger partial charge is 0.0853 e. The van der Waals surface area contributed by atoms with Crippen molar-refractivity contribution in [1.29, 1.82) is 0 Å². The van der Waals surface area contributed by atoms with E-state index in [0.717, 1.165) is 6.42 Å². The summed E-state index contributed by atoms with van der Waals surface area (Å²) in [5.41, 5.74) is 0. The van der Waals surface area contributed by atoms with E-state index in [-0.39, 0.29) is 4.32 Å². The highest BCUT2D eigenvalue weighted by Gasteiger charge is 2.16. The molecule has 1 atom stereocenters. The van der Waals surface area contributed by atoms with Gasteiger partial charge in [0.05, 0.1) is 0 Å². The predicted molar refractivity (Wildman–Crippen MR) is 46.8 cm³/mol. The van der Waals surface area contributed by atoms with Crippen molar-refractivity contribution in [2.75, 3.05) is 0 Å². The van der Waals surface area contributed by atoms with Crippen LogP contribution in [-0.4, -0.2) is 4.32 Å². The van der Waals surface area contributed by atoms with Crippen LogP contribution < -0.4 is 0 Å². The van der Waals surface area contributed by atoms with E-state index in [1.807, 2.05) is 0 Å². The highest BCUT2D eigenvalue weighted by atomic mass is 79.9. The lowest BCUT2D eigenvalue weighted by Gasteiger charge is -2.19. The molecule has 0 aliphatic rings. The van der Waals surface area contributed by atoms with Gasteiger partial charge >= 0.3 is 0 Å². The Morgan fingerprint density at radius 3 is 2.33 bits per heavy atom. The summed E-state index contributed by atoms with van der Waals surface area (Å²) in [7, 11) is 0. The topological polar surface area (TPSA) is 0 Å². The molecule has 0 spiro atoms. The Hall–Kier alpha value is 0.480. The maximum atomic E-state index is 3.65. The van der Waals surface area contributed by atoms with Gasteiger partial charge in [0, 0.05) is 4.32 Å². The van der Waals surface area contributed by atoms with Gasteiger partial charge in [-0.1, -0.05) is 42.6 Å². The van der Waals surface area contributed by atoms with Crippen molar-refractivity contribution in [3.05, 3.63) is 6.42 Å². The maximum absolute atomic E-state index is 3.65. The van der Waals surface area contributed by atoms with Crippen molar-refractivity contribution < 1.29 is 0 Å². The summed E-state index contributed by atoms with van der Waals surface area (Å²) in [5, 5.41) is 0. The minimum absolute atomic E-state index is 0.288. The zero-order chi connectivity index (χ0) is 7.33. The third kappa shape index (κ3) is 4.95. The normalized spacial score (nSPS) is 12.0. The average molecular weight is 192 g/mol. The second kappa shape index (κ2) is 4.32. The molecule has 0 aromatic carbocycles. The zero-order valence-electron chi connectivity index (χ0n) is 6.58. The highest BCUT2D eigenvalue weighted by Crippen LogP contribution is 2.27. The van der Waals surface area contributed by atoms with E-state index in [1.165, 1.54) is 12.8 Å². The lowest BCUT2D eigenvalue weighted by atomic mass is 10.0. The lowest BCUT2D eigenvalue weighted by molar-refractivity contribution is 0.638. The second-order valence-electron chi connectivity index (χ2n) is 2.64. The molecule has 0 N–H and O–H groups in total. The van der Waals surface area contributed by atoms with Crippen LogP contribution in [-0.2, 0) is 0 Å². The van der Waals surface area contributed by atoms with Gasteiger partial charge in [0.1, 0.15) is 0 Å². The predicted octanol–water partition coefficient (Wildman–Crippen LogP) is 3.55. The van der Waals surface area contributed by atoms with Crippen LogP contribution >= 0.6 is 15.9 Å². The van der Waals surface area contributed by atoms with Crippen molar-refractivity contribution >= 4 is 15.9 Å². The van der Waals surface area contributed by atoms with E-state index >= 15 is 0 Å². The fourth-order valence-electron chi connectivity index (χ4n) is 1.02. The minimum atomic E-state index is 0.288. The molecule has 0 aliphatic carbocycles. The van der Waals surface area contributed by atoms with Gasteiger partial charge in [-0.15, -0.1) is 0 Å². The Morgan fingerprint density at radius 2 is 2.00 bits per heavy atom. The fraction of sp³-hybridized carbons (Fsp3) is 0.875. The quantitative estimate of drug-likeness (QED) is 0.597. The van der Waals surface area contributed by atoms with Crippen LogP contribution in [0.3, 0.4) is 0 Å². The van der Waals surface area contributed by atoms with Crippen molar-refractivity contribution in [3.8, 4) is 0 Å². The summed E-state index contributed by atoms with van der Waals surface area (Å²) in [6.07, 6.45) is 5.96. The molecular weight excluding hydrogens is 176 g/mol. The average Bonchev–Trinajstić information content (AvgIpc) is 1.64. The second-order valence-corrected chi connectivity index (χ2v) is 4.45. The van der Waals surface area contributed by atoms with Crippen LogP contribution in [0.2, 0.25) is 0 Å². The van der Waals surface area contributed by atoms with Gasteiger partial charge in [0.2, 0.25) is 0 Å². The first-order chi connectivity index (χ1) is 4.12. The molecule has 0 amide bonds. The van der Waals surface area contributed by atoms with Gasteiger partial charge in [0.25, 0.3) is 0 Å². The van der Waals surface area contributed by atoms with E-state index in [9.17, 15) is 0 Å². The van der Waals surface area contributed by atoms with Gasteiger partial charge in [-0.25, -0.2) is 0 Å². The standard InChI is InChI=1S/C8H16Br/c1-4-6-8(3,9)7-5-2/h6H,4-5,7H2,1-3H3. The Kier molecular flexibility index (Phi) is 4.55. The first-order valence-corrected chi connectivity index (χ1v) is 4.45. The smallest absolute Gasteiger partial charge is 0.0261 e. The van der Waals surface area contributed by atoms with Crippen molar-refractivity contribution in [2.45, 2.75) is 44.4 Å². The summed E-state index contributed by atoms with van der Waals surface area (Å²) < 4.78 is 0.288. The van der Waals surface area contributed by atoms with Gasteiger partial charge in [0.15, 0.2) is 0 Å². The Bertz CT molecular complexity index is 59.0. The van der Waals surface area contributed by atoms with Gasteiger partial charge in [-0.2, -0.15) is 0 Å². The van der Waals surface area contributed by atoms with Gasteiger partial charge in [-0.3, -0.25) is 0 Å². The summed E-state index contributed by atoms with van der Waals surface area (Å²) >= 11 is 3.65. The maximum Gasteiger partial charge on any atom is 0.0261 e. The van der Waals surface area contributed by atoms with Crippen LogP contribution in [0.5, 0.6) is 0 Å². The van der Waals surface area contributed by atoms with Crippen LogP contribution in [0.1, 0.15) is 40.0 Å². The minimum Gasteiger partial charge on any atom is -0.0853 e. The molecule has 0 nitrogen and oxygen atoms in total. The molecule has 0 bridgehead atoms. The zero-order valence-corrected chi connectivity index (χ0v) is 8.16. The molecule has 0 saturated carbocycles. The molecule has 9 heavy (non-hydrogen) atoms. The van der Waals surface area contributed by atoms with Gasteiger partial charge < -0.3 is 0 Å². The molecule has 0 aliphatic heterocycles. The fourth-order valence-corrected chi connectivity index (χ4v) is 1.74. The first-order valence-electron chi connectivity index (χ1n) is 3.65. The van der Waals surface area contributed by atoms with Crippen LogP contribution in [0.15, 0.2) is 0 Å². The van der Waals surface area contributed by atoms with Crippen LogP contribution in [0.25, 0.3) is 0 Å². The summed E-state index contributed by atoms with van der Waals surface area (Å²) in [6, 6.07) is 0. The monoisotopic (exact) mass is 191 g/mol. The molecule has 0 aromatic rings. The van der Waals surface area contributed by atoms with Crippen molar-refractivity contribution in [2.24, 2.45) is 0 Å². The first kappa shape index (κ1) is 9.48. The molecule has 55 valence electrons. The molecule has 0 heterocycles. The summed E-state index contributed by atoms with van der Waals surface area (Å²) in [6.45, 7) is 6.61. The molecule has 0 fully saturated rings. The molecular formula is C8H16Br. The lowest BCUT2D eigenvalue weighted by Crippen LogP contribution is -2.14. The van der Waals surface area contributed by atoms with E-state index in [0.29, 0.717) is 0 Å². The Balaban J connectivity index is 3.43. The Morgan fingerprint density at radius 1 is 1.44 bits per heavy atom. The number of hydrogen-bond donors (Lipinski definition) is 0. The van der Waals surface area contributed by atoms with E-state index in [2.05, 4.69) is 43.1 Å². The summed E-state index contributed by atoms with van der Waals surface area (Å²) in [4.78, 5) is 0. The van der Waals surface area contributed by atoms with Crippen LogP contribution in [0, 0.1) is 6.42 Å². The molecule has 1 unspecified atom stereocenters. The molecule has 0 rings (SSSR count). The van der Waals surface area contributed by atoms with Crippen LogP contribution in [0.4, 0.5) is 0 Å². The Labute approximate surface area is 67.2 Å². The molecule has 0 saturated heterocycles. The third-order valence-corrected chi connectivity index (χ3v) is 2.09. The number of hydrogen-bond acceptors (Lipinski definition) is 0. The molecule has 1 radical (unpaired) electrons. The SMILES string of the molecule is CC[CH]C(C)(Br)CCC. The number of alkyl halides is 1. The third-order valence-electron chi connectivity index (χ3n) is 1.37. The van der Waals surface area contributed by atoms with E-state index in [1.54, 1.807) is 0 Å². The highest BCUT2D eigenvalue weighted by molar-refractivity contribution is 9.10. The van der Waals surface area contributed by atoms with Crippen molar-refractivity contribution in [3.63, 3.8) is 0 Å². The van der Waals surface area contributed by atoms with E-state index < -0.39 is 0 Å². The van der Waals surface area contributed by atoms with E-state index in [4.69, 9.17) is 0 Å². The summed E-state index contributed by atoms with van der Waals surface area (Å²) in [5.74, 6) is 0. The molecule has 0 aromatic heterocycles. The number of halogens is 1.